The summed E-state index contributed by atoms with van der Waals surface area (Å²) >= 11 is 6.83. The fourth-order valence-electron chi connectivity index (χ4n) is 1.87. The lowest BCUT2D eigenvalue weighted by molar-refractivity contribution is 0.476. The van der Waals surface area contributed by atoms with E-state index in [0.29, 0.717) is 16.0 Å². The lowest BCUT2D eigenvalue weighted by Crippen LogP contribution is -2.21. The standard InChI is InChI=1S/C16H16Br2FNO/c1-2-12(20)7-10-3-5-13(9-14(10)17)21-16-6-4-11(19)8-15(16)18/h3-6,8-9,12H,2,7,20H2,1H3. The summed E-state index contributed by atoms with van der Waals surface area (Å²) in [7, 11) is 0. The molecule has 0 spiro atoms. The van der Waals surface area contributed by atoms with Crippen LogP contribution in [0.15, 0.2) is 45.3 Å². The van der Waals surface area contributed by atoms with E-state index >= 15 is 0 Å². The molecule has 2 rings (SSSR count). The minimum atomic E-state index is -0.306. The van der Waals surface area contributed by atoms with Crippen LogP contribution in [0.1, 0.15) is 18.9 Å². The van der Waals surface area contributed by atoms with Gasteiger partial charge in [-0.2, -0.15) is 0 Å². The second-order valence-electron chi connectivity index (χ2n) is 4.80. The van der Waals surface area contributed by atoms with Gasteiger partial charge in [0.1, 0.15) is 17.3 Å². The highest BCUT2D eigenvalue weighted by molar-refractivity contribution is 9.10. The molecule has 0 aliphatic carbocycles. The van der Waals surface area contributed by atoms with Crippen LogP contribution >= 0.6 is 31.9 Å². The molecule has 0 fully saturated rings. The Labute approximate surface area is 140 Å². The Kier molecular flexibility index (Phi) is 5.79. The highest BCUT2D eigenvalue weighted by atomic mass is 79.9. The van der Waals surface area contributed by atoms with Crippen molar-refractivity contribution in [3.05, 3.63) is 56.7 Å². The highest BCUT2D eigenvalue weighted by Gasteiger charge is 2.09. The number of hydrogen-bond donors (Lipinski definition) is 1. The molecule has 5 heteroatoms. The second-order valence-corrected chi connectivity index (χ2v) is 6.51. The van der Waals surface area contributed by atoms with Crippen molar-refractivity contribution in [3.63, 3.8) is 0 Å². The van der Waals surface area contributed by atoms with Crippen molar-refractivity contribution >= 4 is 31.9 Å². The molecule has 2 N–H and O–H groups in total. The summed E-state index contributed by atoms with van der Waals surface area (Å²) in [6, 6.07) is 10.3. The van der Waals surface area contributed by atoms with Gasteiger partial charge < -0.3 is 10.5 Å². The van der Waals surface area contributed by atoms with Gasteiger partial charge in [-0.05, 0) is 64.7 Å². The number of benzene rings is 2. The molecule has 2 nitrogen and oxygen atoms in total. The van der Waals surface area contributed by atoms with E-state index in [2.05, 4.69) is 38.8 Å². The van der Waals surface area contributed by atoms with E-state index in [9.17, 15) is 4.39 Å². The molecule has 0 heterocycles. The molecule has 0 radical (unpaired) electrons. The smallest absolute Gasteiger partial charge is 0.141 e. The van der Waals surface area contributed by atoms with Gasteiger partial charge in [-0.3, -0.25) is 0 Å². The van der Waals surface area contributed by atoms with Gasteiger partial charge in [-0.15, -0.1) is 0 Å². The van der Waals surface area contributed by atoms with E-state index in [-0.39, 0.29) is 11.9 Å². The lowest BCUT2D eigenvalue weighted by atomic mass is 10.0. The van der Waals surface area contributed by atoms with E-state index in [0.717, 1.165) is 22.9 Å². The molecule has 0 saturated carbocycles. The quantitative estimate of drug-likeness (QED) is 0.705. The van der Waals surface area contributed by atoms with E-state index in [1.165, 1.54) is 12.1 Å². The van der Waals surface area contributed by atoms with Crippen LogP contribution < -0.4 is 10.5 Å². The Morgan fingerprint density at radius 1 is 1.14 bits per heavy atom. The Balaban J connectivity index is 2.16. The zero-order chi connectivity index (χ0) is 15.4. The summed E-state index contributed by atoms with van der Waals surface area (Å²) in [4.78, 5) is 0. The summed E-state index contributed by atoms with van der Waals surface area (Å²) in [5.41, 5.74) is 7.12. The van der Waals surface area contributed by atoms with Gasteiger partial charge in [0, 0.05) is 10.5 Å². The molecule has 1 unspecified atom stereocenters. The molecular formula is C16H16Br2FNO. The highest BCUT2D eigenvalue weighted by Crippen LogP contribution is 2.32. The third-order valence-corrected chi connectivity index (χ3v) is 4.51. The Bertz CT molecular complexity index is 634. The molecule has 0 aliphatic rings. The first kappa shape index (κ1) is 16.5. The van der Waals surface area contributed by atoms with E-state index < -0.39 is 0 Å². The number of hydrogen-bond acceptors (Lipinski definition) is 2. The largest absolute Gasteiger partial charge is 0.456 e. The van der Waals surface area contributed by atoms with Crippen LogP contribution in [0.5, 0.6) is 11.5 Å². The van der Waals surface area contributed by atoms with Gasteiger partial charge in [0.05, 0.1) is 4.47 Å². The first-order chi connectivity index (χ1) is 9.99. The zero-order valence-corrected chi connectivity index (χ0v) is 14.7. The van der Waals surface area contributed by atoms with Gasteiger partial charge in [-0.1, -0.05) is 28.9 Å². The summed E-state index contributed by atoms with van der Waals surface area (Å²) < 4.78 is 20.3. The number of rotatable bonds is 5. The fraction of sp³-hybridized carbons (Fsp3) is 0.250. The Hall–Kier alpha value is -0.910. The predicted octanol–water partition coefficient (Wildman–Crippen LogP) is 5.42. The van der Waals surface area contributed by atoms with E-state index in [1.54, 1.807) is 6.07 Å². The maximum absolute atomic E-state index is 13.1. The zero-order valence-electron chi connectivity index (χ0n) is 11.6. The molecule has 21 heavy (non-hydrogen) atoms. The summed E-state index contributed by atoms with van der Waals surface area (Å²) in [5, 5.41) is 0. The Morgan fingerprint density at radius 3 is 2.52 bits per heavy atom. The molecule has 2 aromatic rings. The molecular weight excluding hydrogens is 401 g/mol. The van der Waals surface area contributed by atoms with Gasteiger partial charge in [0.15, 0.2) is 0 Å². The van der Waals surface area contributed by atoms with Crippen LogP contribution in [0.4, 0.5) is 4.39 Å². The van der Waals surface area contributed by atoms with Crippen LogP contribution in [-0.4, -0.2) is 6.04 Å². The first-order valence-electron chi connectivity index (χ1n) is 6.66. The van der Waals surface area contributed by atoms with Crippen molar-refractivity contribution in [2.75, 3.05) is 0 Å². The third-order valence-electron chi connectivity index (χ3n) is 3.15. The van der Waals surface area contributed by atoms with Crippen LogP contribution in [0.25, 0.3) is 0 Å². The number of ether oxygens (including phenoxy) is 1. The number of halogens is 3. The molecule has 112 valence electrons. The van der Waals surface area contributed by atoms with Crippen molar-refractivity contribution in [1.82, 2.24) is 0 Å². The minimum absolute atomic E-state index is 0.152. The van der Waals surface area contributed by atoms with Gasteiger partial charge in [-0.25, -0.2) is 4.39 Å². The van der Waals surface area contributed by atoms with E-state index in [4.69, 9.17) is 10.5 Å². The van der Waals surface area contributed by atoms with Crippen molar-refractivity contribution in [2.24, 2.45) is 5.73 Å². The molecule has 0 aromatic heterocycles. The number of nitrogens with two attached hydrogens (primary N) is 1. The van der Waals surface area contributed by atoms with Crippen LogP contribution in [0, 0.1) is 5.82 Å². The molecule has 2 aromatic carbocycles. The van der Waals surface area contributed by atoms with Crippen molar-refractivity contribution in [3.8, 4) is 11.5 Å². The monoisotopic (exact) mass is 415 g/mol. The van der Waals surface area contributed by atoms with Gasteiger partial charge >= 0.3 is 0 Å². The Morgan fingerprint density at radius 2 is 1.90 bits per heavy atom. The molecule has 0 bridgehead atoms. The van der Waals surface area contributed by atoms with Gasteiger partial charge in [0.2, 0.25) is 0 Å². The van der Waals surface area contributed by atoms with Gasteiger partial charge in [0.25, 0.3) is 0 Å². The molecule has 0 amide bonds. The first-order valence-corrected chi connectivity index (χ1v) is 8.25. The SMILES string of the molecule is CCC(N)Cc1ccc(Oc2ccc(F)cc2Br)cc1Br. The normalized spacial score (nSPS) is 12.2. The van der Waals surface area contributed by atoms with Crippen LogP contribution in [0.2, 0.25) is 0 Å². The van der Waals surface area contributed by atoms with Crippen molar-refractivity contribution in [1.29, 1.82) is 0 Å². The third kappa shape index (κ3) is 4.53. The average Bonchev–Trinajstić information content (AvgIpc) is 2.44. The van der Waals surface area contributed by atoms with Crippen molar-refractivity contribution < 1.29 is 9.13 Å². The summed E-state index contributed by atoms with van der Waals surface area (Å²) in [5.74, 6) is 0.948. The predicted molar refractivity (Wildman–Crippen MR) is 90.3 cm³/mol. The fourth-order valence-corrected chi connectivity index (χ4v) is 2.82. The molecule has 0 aliphatic heterocycles. The second kappa shape index (κ2) is 7.38. The molecule has 1 atom stereocenters. The van der Waals surface area contributed by atoms with Crippen LogP contribution in [-0.2, 0) is 6.42 Å². The lowest BCUT2D eigenvalue weighted by Gasteiger charge is -2.13. The maximum Gasteiger partial charge on any atom is 0.141 e. The summed E-state index contributed by atoms with van der Waals surface area (Å²) in [6.07, 6.45) is 1.75. The average molecular weight is 417 g/mol. The molecule has 0 saturated heterocycles. The topological polar surface area (TPSA) is 35.2 Å². The minimum Gasteiger partial charge on any atom is -0.456 e. The maximum atomic E-state index is 13.1. The summed E-state index contributed by atoms with van der Waals surface area (Å²) in [6.45, 7) is 2.07. The van der Waals surface area contributed by atoms with Crippen molar-refractivity contribution in [2.45, 2.75) is 25.8 Å². The van der Waals surface area contributed by atoms with Crippen LogP contribution in [0.3, 0.4) is 0 Å². The van der Waals surface area contributed by atoms with E-state index in [1.807, 2.05) is 18.2 Å².